The molecule has 0 radical (unpaired) electrons. The van der Waals surface area contributed by atoms with Gasteiger partial charge in [-0.1, -0.05) is 71.9 Å². The number of thioether (sulfide) groups is 1. The van der Waals surface area contributed by atoms with Gasteiger partial charge in [-0.05, 0) is 43.7 Å². The summed E-state index contributed by atoms with van der Waals surface area (Å²) in [5.74, 6) is 0.776. The minimum atomic E-state index is -4.49. The van der Waals surface area contributed by atoms with Gasteiger partial charge in [-0.2, -0.15) is 13.2 Å². The summed E-state index contributed by atoms with van der Waals surface area (Å²) in [6.45, 7) is 3.17. The molecule has 1 aromatic heterocycles. The SMILES string of the molecule is CC1CN(C(=O)CCCSc2nnc(-c3ccccc3)n2-c2cccc(C(F)(F)F)c2)CCN1C(=O)c1ccccc1Cl. The van der Waals surface area contributed by atoms with Crippen LogP contribution in [0, 0.1) is 0 Å². The van der Waals surface area contributed by atoms with Gasteiger partial charge in [0.15, 0.2) is 11.0 Å². The topological polar surface area (TPSA) is 71.3 Å². The molecule has 12 heteroatoms. The molecule has 7 nitrogen and oxygen atoms in total. The fourth-order valence-electron chi connectivity index (χ4n) is 5.01. The van der Waals surface area contributed by atoms with E-state index in [1.54, 1.807) is 44.7 Å². The summed E-state index contributed by atoms with van der Waals surface area (Å²) in [5.41, 5.74) is 0.703. The van der Waals surface area contributed by atoms with Gasteiger partial charge in [0.05, 0.1) is 21.8 Å². The average Bonchev–Trinajstić information content (AvgIpc) is 3.43. The van der Waals surface area contributed by atoms with E-state index in [1.807, 2.05) is 37.3 Å². The molecule has 0 aliphatic carbocycles. The Morgan fingerprint density at radius 2 is 1.72 bits per heavy atom. The van der Waals surface area contributed by atoms with Crippen molar-refractivity contribution in [3.63, 3.8) is 0 Å². The lowest BCUT2D eigenvalue weighted by atomic mass is 10.1. The number of halogens is 4. The second-order valence-electron chi connectivity index (χ2n) is 10.2. The maximum Gasteiger partial charge on any atom is 0.416 e. The van der Waals surface area contributed by atoms with Crippen molar-refractivity contribution in [3.8, 4) is 17.1 Å². The number of aromatic nitrogens is 3. The van der Waals surface area contributed by atoms with E-state index in [1.165, 1.54) is 17.8 Å². The first-order valence-electron chi connectivity index (χ1n) is 13.8. The molecule has 1 aliphatic heterocycles. The van der Waals surface area contributed by atoms with Crippen molar-refractivity contribution in [2.75, 3.05) is 25.4 Å². The van der Waals surface area contributed by atoms with Crippen LogP contribution in [0.2, 0.25) is 5.02 Å². The van der Waals surface area contributed by atoms with Crippen LogP contribution in [0.5, 0.6) is 0 Å². The van der Waals surface area contributed by atoms with Crippen molar-refractivity contribution in [3.05, 3.63) is 95.0 Å². The standard InChI is InChI=1S/C31H29ClF3N5O2S/c1-21-20-38(16-17-39(21)29(42)25-13-5-6-14-26(25)32)27(41)15-8-18-43-30-37-36-28(22-9-3-2-4-10-22)40(30)24-12-7-11-23(19-24)31(33,34)35/h2-7,9-14,19,21H,8,15-18,20H2,1H3. The number of nitrogens with zero attached hydrogens (tertiary/aromatic N) is 5. The Kier molecular flexibility index (Phi) is 9.41. The van der Waals surface area contributed by atoms with Gasteiger partial charge < -0.3 is 9.80 Å². The highest BCUT2D eigenvalue weighted by Crippen LogP contribution is 2.33. The molecule has 0 spiro atoms. The van der Waals surface area contributed by atoms with Gasteiger partial charge in [0.2, 0.25) is 5.91 Å². The van der Waals surface area contributed by atoms with Gasteiger partial charge in [0.25, 0.3) is 5.91 Å². The van der Waals surface area contributed by atoms with Gasteiger partial charge in [0, 0.05) is 43.4 Å². The van der Waals surface area contributed by atoms with Crippen molar-refractivity contribution in [2.45, 2.75) is 37.1 Å². The summed E-state index contributed by atoms with van der Waals surface area (Å²) in [6, 6.07) is 21.0. The van der Waals surface area contributed by atoms with Crippen LogP contribution in [-0.4, -0.2) is 67.8 Å². The Balaban J connectivity index is 1.22. The monoisotopic (exact) mass is 627 g/mol. The van der Waals surface area contributed by atoms with E-state index in [4.69, 9.17) is 11.6 Å². The van der Waals surface area contributed by atoms with Crippen LogP contribution in [0.25, 0.3) is 17.1 Å². The predicted octanol–water partition coefficient (Wildman–Crippen LogP) is 6.85. The average molecular weight is 628 g/mol. The molecule has 2 heterocycles. The largest absolute Gasteiger partial charge is 0.416 e. The van der Waals surface area contributed by atoms with Gasteiger partial charge in [0.1, 0.15) is 0 Å². The Morgan fingerprint density at radius 1 is 0.977 bits per heavy atom. The second kappa shape index (κ2) is 13.2. The van der Waals surface area contributed by atoms with Gasteiger partial charge in [-0.25, -0.2) is 0 Å². The van der Waals surface area contributed by atoms with Crippen LogP contribution < -0.4 is 0 Å². The summed E-state index contributed by atoms with van der Waals surface area (Å²) >= 11 is 7.55. The number of hydrogen-bond donors (Lipinski definition) is 0. The number of piperazine rings is 1. The summed E-state index contributed by atoms with van der Waals surface area (Å²) in [7, 11) is 0. The minimum absolute atomic E-state index is 0.0124. The molecule has 1 saturated heterocycles. The Morgan fingerprint density at radius 3 is 2.44 bits per heavy atom. The first kappa shape index (κ1) is 30.6. The van der Waals surface area contributed by atoms with Gasteiger partial charge in [-0.3, -0.25) is 14.2 Å². The Bertz CT molecular complexity index is 1600. The number of rotatable bonds is 8. The van der Waals surface area contributed by atoms with Crippen LogP contribution in [0.1, 0.15) is 35.7 Å². The summed E-state index contributed by atoms with van der Waals surface area (Å²) in [6.07, 6.45) is -3.66. The van der Waals surface area contributed by atoms with Gasteiger partial charge >= 0.3 is 6.18 Å². The first-order valence-corrected chi connectivity index (χ1v) is 15.1. The van der Waals surface area contributed by atoms with Crippen LogP contribution in [0.4, 0.5) is 13.2 Å². The number of amides is 2. The molecule has 224 valence electrons. The molecule has 3 aromatic carbocycles. The number of hydrogen-bond acceptors (Lipinski definition) is 5. The van der Waals surface area contributed by atoms with Crippen LogP contribution in [0.15, 0.2) is 84.0 Å². The molecule has 2 amide bonds. The molecule has 0 saturated carbocycles. The van der Waals surface area contributed by atoms with Crippen molar-refractivity contribution >= 4 is 35.2 Å². The molecule has 0 N–H and O–H groups in total. The zero-order chi connectivity index (χ0) is 30.6. The van der Waals surface area contributed by atoms with Crippen molar-refractivity contribution in [1.29, 1.82) is 0 Å². The number of carbonyl (C=O) groups is 2. The molecular weight excluding hydrogens is 599 g/mol. The predicted molar refractivity (Wildman–Crippen MR) is 160 cm³/mol. The lowest BCUT2D eigenvalue weighted by Crippen LogP contribution is -2.55. The van der Waals surface area contributed by atoms with E-state index in [0.717, 1.165) is 17.7 Å². The number of alkyl halides is 3. The summed E-state index contributed by atoms with van der Waals surface area (Å²) in [4.78, 5) is 29.5. The Labute approximate surface area is 256 Å². The molecule has 1 fully saturated rings. The maximum absolute atomic E-state index is 13.5. The van der Waals surface area contributed by atoms with E-state index in [-0.39, 0.29) is 17.9 Å². The van der Waals surface area contributed by atoms with Gasteiger partial charge in [-0.15, -0.1) is 10.2 Å². The highest BCUT2D eigenvalue weighted by molar-refractivity contribution is 7.99. The normalized spacial score (nSPS) is 15.5. The summed E-state index contributed by atoms with van der Waals surface area (Å²) in [5, 5.41) is 9.41. The zero-order valence-corrected chi connectivity index (χ0v) is 24.9. The van der Waals surface area contributed by atoms with E-state index in [2.05, 4.69) is 10.2 Å². The third-order valence-corrected chi connectivity index (χ3v) is 8.55. The second-order valence-corrected chi connectivity index (χ2v) is 11.6. The van der Waals surface area contributed by atoms with E-state index >= 15 is 0 Å². The fourth-order valence-corrected chi connectivity index (χ4v) is 6.12. The number of carbonyl (C=O) groups excluding carboxylic acids is 2. The number of benzene rings is 3. The summed E-state index contributed by atoms with van der Waals surface area (Å²) < 4.78 is 42.1. The molecule has 0 bridgehead atoms. The Hall–Kier alpha value is -3.83. The molecule has 43 heavy (non-hydrogen) atoms. The molecule has 5 rings (SSSR count). The quantitative estimate of drug-likeness (QED) is 0.158. The van der Waals surface area contributed by atoms with E-state index in [9.17, 15) is 22.8 Å². The highest BCUT2D eigenvalue weighted by atomic mass is 35.5. The maximum atomic E-state index is 13.5. The first-order chi connectivity index (χ1) is 20.6. The molecule has 1 atom stereocenters. The van der Waals surface area contributed by atoms with Crippen molar-refractivity contribution in [2.24, 2.45) is 0 Å². The van der Waals surface area contributed by atoms with Crippen LogP contribution in [0.3, 0.4) is 0 Å². The third-order valence-electron chi connectivity index (χ3n) is 7.21. The van der Waals surface area contributed by atoms with E-state index in [0.29, 0.717) is 65.5 Å². The molecule has 1 aliphatic rings. The smallest absolute Gasteiger partial charge is 0.339 e. The van der Waals surface area contributed by atoms with Crippen LogP contribution >= 0.6 is 23.4 Å². The fraction of sp³-hybridized carbons (Fsp3) is 0.290. The van der Waals surface area contributed by atoms with Crippen molar-refractivity contribution < 1.29 is 22.8 Å². The lowest BCUT2D eigenvalue weighted by Gasteiger charge is -2.40. The van der Waals surface area contributed by atoms with Crippen molar-refractivity contribution in [1.82, 2.24) is 24.6 Å². The van der Waals surface area contributed by atoms with Crippen LogP contribution in [-0.2, 0) is 11.0 Å². The lowest BCUT2D eigenvalue weighted by molar-refractivity contribution is -0.137. The molecule has 4 aromatic rings. The minimum Gasteiger partial charge on any atom is -0.339 e. The third kappa shape index (κ3) is 7.05. The molecular formula is C31H29ClF3N5O2S. The zero-order valence-electron chi connectivity index (χ0n) is 23.3. The van der Waals surface area contributed by atoms with E-state index < -0.39 is 11.7 Å². The highest BCUT2D eigenvalue weighted by Gasteiger charge is 2.32. The molecule has 1 unspecified atom stereocenters.